The Morgan fingerprint density at radius 1 is 0.696 bits per heavy atom. The van der Waals surface area contributed by atoms with Crippen LogP contribution in [0.5, 0.6) is 0 Å². The molecule has 140 valence electrons. The van der Waals surface area contributed by atoms with Crippen molar-refractivity contribution >= 4 is 36.6 Å². The van der Waals surface area contributed by atoms with E-state index in [1.165, 1.54) is 0 Å². The summed E-state index contributed by atoms with van der Waals surface area (Å²) in [6.45, 7) is 13.8. The van der Waals surface area contributed by atoms with Crippen LogP contribution in [0.15, 0.2) is 0 Å². The second kappa shape index (κ2) is 17.8. The summed E-state index contributed by atoms with van der Waals surface area (Å²) in [6.07, 6.45) is 0.758. The van der Waals surface area contributed by atoms with Crippen molar-refractivity contribution in [2.75, 3.05) is 52.4 Å². The molecule has 2 N–H and O–H groups in total. The van der Waals surface area contributed by atoms with Crippen LogP contribution in [-0.2, 0) is 9.59 Å². The van der Waals surface area contributed by atoms with Gasteiger partial charge in [0.15, 0.2) is 0 Å². The monoisotopic (exact) mass is 372 g/mol. The van der Waals surface area contributed by atoms with E-state index in [9.17, 15) is 9.59 Å². The van der Waals surface area contributed by atoms with Gasteiger partial charge >= 0.3 is 0 Å². The van der Waals surface area contributed by atoms with Gasteiger partial charge in [-0.2, -0.15) is 0 Å². The van der Waals surface area contributed by atoms with Crippen LogP contribution < -0.4 is 10.6 Å². The average molecular weight is 373 g/mol. The lowest BCUT2D eigenvalue weighted by atomic mass is 10.3. The van der Waals surface area contributed by atoms with E-state index in [-0.39, 0.29) is 36.6 Å². The van der Waals surface area contributed by atoms with Crippen molar-refractivity contribution < 1.29 is 9.59 Å². The Morgan fingerprint density at radius 2 is 1.00 bits per heavy atom. The lowest BCUT2D eigenvalue weighted by Gasteiger charge is -2.18. The molecule has 0 atom stereocenters. The molecule has 0 bridgehead atoms. The summed E-state index contributed by atoms with van der Waals surface area (Å²) in [6, 6.07) is 0. The number of amides is 2. The molecule has 0 saturated carbocycles. The zero-order chi connectivity index (χ0) is 16.1. The van der Waals surface area contributed by atoms with E-state index in [0.717, 1.165) is 32.6 Å². The van der Waals surface area contributed by atoms with Crippen LogP contribution in [-0.4, -0.2) is 74.0 Å². The molecule has 23 heavy (non-hydrogen) atoms. The molecule has 0 aromatic heterocycles. The molecule has 0 aromatic rings. The molecule has 6 nitrogen and oxygen atoms in total. The largest absolute Gasteiger partial charge is 0.355 e. The number of carbonyl (C=O) groups excluding carboxylic acids is 2. The van der Waals surface area contributed by atoms with Gasteiger partial charge < -0.3 is 10.6 Å². The van der Waals surface area contributed by atoms with E-state index in [1.807, 2.05) is 27.7 Å². The van der Waals surface area contributed by atoms with E-state index >= 15 is 0 Å². The molecule has 0 heterocycles. The van der Waals surface area contributed by atoms with Gasteiger partial charge in [-0.1, -0.05) is 27.7 Å². The maximum atomic E-state index is 11.6. The summed E-state index contributed by atoms with van der Waals surface area (Å²) in [5.74, 6) is 0.0985. The molecular weight excluding hydrogens is 339 g/mol. The Kier molecular flexibility index (Phi) is 21.1. The highest BCUT2D eigenvalue weighted by Gasteiger charge is 2.07. The zero-order valence-electron chi connectivity index (χ0n) is 14.9. The highest BCUT2D eigenvalue weighted by Crippen LogP contribution is 1.87. The van der Waals surface area contributed by atoms with Crippen LogP contribution in [0.25, 0.3) is 0 Å². The summed E-state index contributed by atoms with van der Waals surface area (Å²) in [7, 11) is 0. The second-order valence-corrected chi connectivity index (χ2v) is 4.98. The van der Waals surface area contributed by atoms with Crippen LogP contribution in [0.2, 0.25) is 0 Å². The minimum absolute atomic E-state index is 0. The van der Waals surface area contributed by atoms with Gasteiger partial charge in [0.25, 0.3) is 0 Å². The molecule has 0 aromatic carbocycles. The van der Waals surface area contributed by atoms with Crippen molar-refractivity contribution in [3.05, 3.63) is 0 Å². The Morgan fingerprint density at radius 3 is 1.26 bits per heavy atom. The fourth-order valence-corrected chi connectivity index (χ4v) is 1.96. The quantitative estimate of drug-likeness (QED) is 0.504. The number of nitrogens with one attached hydrogen (secondary N) is 2. The van der Waals surface area contributed by atoms with E-state index in [1.54, 1.807) is 0 Å². The highest BCUT2D eigenvalue weighted by atomic mass is 35.5. The average Bonchev–Trinajstić information content (AvgIpc) is 2.49. The van der Waals surface area contributed by atoms with E-state index in [4.69, 9.17) is 0 Å². The van der Waals surface area contributed by atoms with Crippen molar-refractivity contribution in [3.8, 4) is 0 Å². The normalized spacial score (nSPS) is 10.0. The summed E-state index contributed by atoms with van der Waals surface area (Å²) in [5, 5.41) is 5.75. The standard InChI is InChI=1S/C15H32N4O2.2ClH/c1-5-18(6-2)12-14(20)16-10-9-11-17-15(21)13-19(7-3)8-4;;/h5-13H2,1-4H3,(H,16,20)(H,17,21);2*1H. The van der Waals surface area contributed by atoms with Crippen molar-refractivity contribution in [1.29, 1.82) is 0 Å². The minimum Gasteiger partial charge on any atom is -0.355 e. The van der Waals surface area contributed by atoms with Crippen molar-refractivity contribution in [3.63, 3.8) is 0 Å². The Bertz CT molecular complexity index is 271. The molecule has 0 aliphatic heterocycles. The van der Waals surface area contributed by atoms with Gasteiger partial charge in [0.1, 0.15) is 0 Å². The van der Waals surface area contributed by atoms with Crippen LogP contribution in [0.4, 0.5) is 0 Å². The van der Waals surface area contributed by atoms with Crippen LogP contribution in [0, 0.1) is 0 Å². The predicted octanol–water partition coefficient (Wildman–Crippen LogP) is 1.14. The maximum absolute atomic E-state index is 11.6. The fourth-order valence-electron chi connectivity index (χ4n) is 1.96. The molecule has 0 radical (unpaired) electrons. The fraction of sp³-hybridized carbons (Fsp3) is 0.867. The lowest BCUT2D eigenvalue weighted by molar-refractivity contribution is -0.122. The smallest absolute Gasteiger partial charge is 0.234 e. The number of hydrogen-bond donors (Lipinski definition) is 2. The third-order valence-corrected chi connectivity index (χ3v) is 3.52. The lowest BCUT2D eigenvalue weighted by Crippen LogP contribution is -2.39. The van der Waals surface area contributed by atoms with Crippen LogP contribution >= 0.6 is 24.8 Å². The Hall–Kier alpha value is -0.560. The molecule has 0 aliphatic rings. The molecule has 2 amide bonds. The number of hydrogen-bond acceptors (Lipinski definition) is 4. The second-order valence-electron chi connectivity index (χ2n) is 4.98. The molecule has 0 aliphatic carbocycles. The number of halogens is 2. The van der Waals surface area contributed by atoms with E-state index in [0.29, 0.717) is 26.2 Å². The maximum Gasteiger partial charge on any atom is 0.234 e. The summed E-state index contributed by atoms with van der Waals surface area (Å²) in [4.78, 5) is 27.4. The highest BCUT2D eigenvalue weighted by molar-refractivity contribution is 5.85. The van der Waals surface area contributed by atoms with Crippen LogP contribution in [0.1, 0.15) is 34.1 Å². The van der Waals surface area contributed by atoms with Gasteiger partial charge in [0.2, 0.25) is 11.8 Å². The number of rotatable bonds is 12. The predicted molar refractivity (Wildman–Crippen MR) is 101 cm³/mol. The SMILES string of the molecule is CCN(CC)CC(=O)NCCCNC(=O)CN(CC)CC.Cl.Cl. The third-order valence-electron chi connectivity index (χ3n) is 3.52. The van der Waals surface area contributed by atoms with Crippen molar-refractivity contribution in [2.24, 2.45) is 0 Å². The Labute approximate surface area is 153 Å². The first-order valence-corrected chi connectivity index (χ1v) is 8.05. The summed E-state index contributed by atoms with van der Waals surface area (Å²) >= 11 is 0. The van der Waals surface area contributed by atoms with Gasteiger partial charge in [0, 0.05) is 13.1 Å². The summed E-state index contributed by atoms with van der Waals surface area (Å²) < 4.78 is 0. The van der Waals surface area contributed by atoms with Gasteiger partial charge in [-0.15, -0.1) is 24.8 Å². The van der Waals surface area contributed by atoms with Gasteiger partial charge in [-0.05, 0) is 32.6 Å². The molecule has 0 saturated heterocycles. The van der Waals surface area contributed by atoms with Crippen LogP contribution in [0.3, 0.4) is 0 Å². The number of nitrogens with zero attached hydrogens (tertiary/aromatic N) is 2. The van der Waals surface area contributed by atoms with Gasteiger partial charge in [0.05, 0.1) is 13.1 Å². The first-order chi connectivity index (χ1) is 10.1. The Balaban J connectivity index is -0.00000200. The molecular formula is C15H34Cl2N4O2. The molecule has 8 heteroatoms. The first kappa shape index (κ1) is 27.3. The zero-order valence-corrected chi connectivity index (χ0v) is 16.5. The van der Waals surface area contributed by atoms with Crippen molar-refractivity contribution in [1.82, 2.24) is 20.4 Å². The first-order valence-electron chi connectivity index (χ1n) is 8.05. The number of likely N-dealkylation sites (N-methyl/N-ethyl adjacent to an activating group) is 2. The third kappa shape index (κ3) is 14.7. The topological polar surface area (TPSA) is 64.7 Å². The molecule has 0 rings (SSSR count). The molecule has 0 unspecified atom stereocenters. The van der Waals surface area contributed by atoms with Gasteiger partial charge in [-0.25, -0.2) is 0 Å². The molecule has 0 spiro atoms. The molecule has 0 fully saturated rings. The minimum atomic E-state index is 0. The van der Waals surface area contributed by atoms with E-state index in [2.05, 4.69) is 20.4 Å². The van der Waals surface area contributed by atoms with E-state index < -0.39 is 0 Å². The van der Waals surface area contributed by atoms with Gasteiger partial charge in [-0.3, -0.25) is 19.4 Å². The van der Waals surface area contributed by atoms with Crippen molar-refractivity contribution in [2.45, 2.75) is 34.1 Å². The summed E-state index contributed by atoms with van der Waals surface area (Å²) in [5.41, 5.74) is 0. The number of carbonyl (C=O) groups is 2.